The number of nitrogens with one attached hydrogen (secondary N) is 1. The van der Waals surface area contributed by atoms with Crippen LogP contribution in [0.5, 0.6) is 0 Å². The highest BCUT2D eigenvalue weighted by atomic mass is 79.9. The molecule has 0 fully saturated rings. The third-order valence-corrected chi connectivity index (χ3v) is 4.86. The van der Waals surface area contributed by atoms with Crippen LogP contribution in [0.15, 0.2) is 43.7 Å². The fraction of sp³-hybridized carbons (Fsp3) is 0.0714. The summed E-state index contributed by atoms with van der Waals surface area (Å²) < 4.78 is 2.43. The number of rotatable bonds is 2. The van der Waals surface area contributed by atoms with Gasteiger partial charge in [-0.1, -0.05) is 15.9 Å². The first-order valence-electron chi connectivity index (χ1n) is 5.70. The molecule has 0 radical (unpaired) electrons. The predicted molar refractivity (Wildman–Crippen MR) is 93.1 cm³/mol. The molecule has 0 spiro atoms. The molecule has 0 saturated heterocycles. The first-order valence-corrected chi connectivity index (χ1v) is 8.08. The summed E-state index contributed by atoms with van der Waals surface area (Å²) in [5.74, 6) is -0.174. The molecule has 0 atom stereocenters. The van der Waals surface area contributed by atoms with Crippen LogP contribution >= 0.6 is 47.8 Å². The number of amides is 1. The number of hydrogen-bond donors (Lipinski definition) is 2. The van der Waals surface area contributed by atoms with Gasteiger partial charge >= 0.3 is 0 Å². The van der Waals surface area contributed by atoms with E-state index in [0.29, 0.717) is 16.9 Å². The highest BCUT2D eigenvalue weighted by Gasteiger charge is 2.12. The van der Waals surface area contributed by atoms with E-state index >= 15 is 0 Å². The van der Waals surface area contributed by atoms with E-state index in [1.807, 2.05) is 19.1 Å². The molecule has 3 nitrogen and oxygen atoms in total. The Morgan fingerprint density at radius 1 is 1.05 bits per heavy atom. The largest absolute Gasteiger partial charge is 0.399 e. The number of carbonyl (C=O) groups is 1. The van der Waals surface area contributed by atoms with Gasteiger partial charge in [0.2, 0.25) is 0 Å². The number of nitrogen functional groups attached to an aromatic ring is 1. The molecule has 0 bridgehead atoms. The number of anilines is 2. The van der Waals surface area contributed by atoms with Gasteiger partial charge in [-0.15, -0.1) is 0 Å². The molecule has 0 unspecified atom stereocenters. The minimum absolute atomic E-state index is 0.174. The summed E-state index contributed by atoms with van der Waals surface area (Å²) in [6, 6.07) is 8.95. The first-order chi connectivity index (χ1) is 9.38. The number of nitrogens with two attached hydrogens (primary N) is 1. The summed E-state index contributed by atoms with van der Waals surface area (Å²) in [7, 11) is 0. The lowest BCUT2D eigenvalue weighted by Gasteiger charge is -2.11. The van der Waals surface area contributed by atoms with Crippen molar-refractivity contribution in [2.75, 3.05) is 11.1 Å². The molecule has 0 aliphatic carbocycles. The molecule has 20 heavy (non-hydrogen) atoms. The quantitative estimate of drug-likeness (QED) is 0.609. The van der Waals surface area contributed by atoms with E-state index < -0.39 is 0 Å². The Labute approximate surface area is 142 Å². The SMILES string of the molecule is Cc1cc(C(=O)Nc2c(Br)cc(N)cc2Br)ccc1Br. The van der Waals surface area contributed by atoms with Gasteiger partial charge in [0.1, 0.15) is 0 Å². The maximum absolute atomic E-state index is 12.3. The van der Waals surface area contributed by atoms with Crippen LogP contribution in [-0.4, -0.2) is 5.91 Å². The zero-order chi connectivity index (χ0) is 14.9. The van der Waals surface area contributed by atoms with Crippen LogP contribution in [0, 0.1) is 6.92 Å². The Hall–Kier alpha value is -0.850. The first kappa shape index (κ1) is 15.5. The van der Waals surface area contributed by atoms with Crippen molar-refractivity contribution in [3.8, 4) is 0 Å². The van der Waals surface area contributed by atoms with Crippen LogP contribution in [0.4, 0.5) is 11.4 Å². The van der Waals surface area contributed by atoms with Crippen LogP contribution < -0.4 is 11.1 Å². The van der Waals surface area contributed by atoms with Gasteiger partial charge in [-0.3, -0.25) is 4.79 Å². The van der Waals surface area contributed by atoms with Gasteiger partial charge in [0.25, 0.3) is 5.91 Å². The topological polar surface area (TPSA) is 55.1 Å². The second-order valence-electron chi connectivity index (χ2n) is 4.28. The molecule has 2 rings (SSSR count). The Morgan fingerprint density at radius 3 is 2.20 bits per heavy atom. The van der Waals surface area contributed by atoms with Crippen LogP contribution in [0.3, 0.4) is 0 Å². The van der Waals surface area contributed by atoms with Crippen molar-refractivity contribution < 1.29 is 4.79 Å². The third-order valence-electron chi connectivity index (χ3n) is 2.72. The fourth-order valence-corrected chi connectivity index (χ4v) is 3.35. The molecule has 6 heteroatoms. The number of hydrogen-bond acceptors (Lipinski definition) is 2. The number of aryl methyl sites for hydroxylation is 1. The molecular weight excluding hydrogens is 452 g/mol. The Bertz CT molecular complexity index is 663. The molecule has 0 saturated carbocycles. The second kappa shape index (κ2) is 6.28. The van der Waals surface area contributed by atoms with Crippen molar-refractivity contribution >= 4 is 65.1 Å². The van der Waals surface area contributed by atoms with E-state index in [-0.39, 0.29) is 5.91 Å². The van der Waals surface area contributed by atoms with Crippen molar-refractivity contribution in [1.82, 2.24) is 0 Å². The van der Waals surface area contributed by atoms with Crippen molar-refractivity contribution in [3.05, 3.63) is 54.9 Å². The average Bonchev–Trinajstić information content (AvgIpc) is 2.36. The van der Waals surface area contributed by atoms with E-state index in [4.69, 9.17) is 5.73 Å². The molecule has 2 aromatic rings. The fourth-order valence-electron chi connectivity index (χ4n) is 1.68. The van der Waals surface area contributed by atoms with Crippen molar-refractivity contribution in [1.29, 1.82) is 0 Å². The summed E-state index contributed by atoms with van der Waals surface area (Å²) in [4.78, 5) is 12.3. The normalized spacial score (nSPS) is 10.4. The molecule has 0 aromatic heterocycles. The Morgan fingerprint density at radius 2 is 1.65 bits per heavy atom. The Balaban J connectivity index is 2.30. The zero-order valence-electron chi connectivity index (χ0n) is 10.5. The summed E-state index contributed by atoms with van der Waals surface area (Å²) in [6.45, 7) is 1.94. The molecular formula is C14H11Br3N2O. The summed E-state index contributed by atoms with van der Waals surface area (Å²) in [5.41, 5.74) is 8.60. The van der Waals surface area contributed by atoms with Gasteiger partial charge in [0, 0.05) is 24.7 Å². The molecule has 104 valence electrons. The minimum atomic E-state index is -0.174. The van der Waals surface area contributed by atoms with E-state index in [2.05, 4.69) is 53.1 Å². The van der Waals surface area contributed by atoms with Gasteiger partial charge in [-0.05, 0) is 74.7 Å². The molecule has 3 N–H and O–H groups in total. The maximum Gasteiger partial charge on any atom is 0.255 e. The van der Waals surface area contributed by atoms with Crippen LogP contribution in [0.25, 0.3) is 0 Å². The Kier molecular flexibility index (Phi) is 4.88. The van der Waals surface area contributed by atoms with Crippen LogP contribution in [-0.2, 0) is 0 Å². The monoisotopic (exact) mass is 460 g/mol. The summed E-state index contributed by atoms with van der Waals surface area (Å²) in [6.07, 6.45) is 0. The summed E-state index contributed by atoms with van der Waals surface area (Å²) >= 11 is 10.2. The smallest absolute Gasteiger partial charge is 0.255 e. The van der Waals surface area contributed by atoms with Gasteiger partial charge in [-0.25, -0.2) is 0 Å². The second-order valence-corrected chi connectivity index (χ2v) is 6.84. The number of benzene rings is 2. The highest BCUT2D eigenvalue weighted by molar-refractivity contribution is 9.11. The molecule has 0 aliphatic heterocycles. The van der Waals surface area contributed by atoms with E-state index in [9.17, 15) is 4.79 Å². The molecule has 0 aliphatic rings. The number of halogens is 3. The number of carbonyl (C=O) groups excluding carboxylic acids is 1. The standard InChI is InChI=1S/C14H11Br3N2O/c1-7-4-8(2-3-10(7)15)14(20)19-13-11(16)5-9(18)6-12(13)17/h2-6H,18H2,1H3,(H,19,20). The zero-order valence-corrected chi connectivity index (χ0v) is 15.3. The van der Waals surface area contributed by atoms with Crippen LogP contribution in [0.2, 0.25) is 0 Å². The van der Waals surface area contributed by atoms with Gasteiger partial charge in [-0.2, -0.15) is 0 Å². The van der Waals surface area contributed by atoms with Crippen LogP contribution in [0.1, 0.15) is 15.9 Å². The van der Waals surface area contributed by atoms with E-state index in [0.717, 1.165) is 19.0 Å². The van der Waals surface area contributed by atoms with Gasteiger partial charge < -0.3 is 11.1 Å². The van der Waals surface area contributed by atoms with Crippen molar-refractivity contribution in [2.45, 2.75) is 6.92 Å². The lowest BCUT2D eigenvalue weighted by atomic mass is 10.1. The average molecular weight is 463 g/mol. The minimum Gasteiger partial charge on any atom is -0.399 e. The summed E-state index contributed by atoms with van der Waals surface area (Å²) in [5, 5.41) is 2.87. The molecule has 1 amide bonds. The molecule has 0 heterocycles. The lowest BCUT2D eigenvalue weighted by Crippen LogP contribution is -2.13. The predicted octanol–water partition coefficient (Wildman–Crippen LogP) is 5.12. The van der Waals surface area contributed by atoms with E-state index in [1.54, 1.807) is 18.2 Å². The van der Waals surface area contributed by atoms with Crippen molar-refractivity contribution in [2.24, 2.45) is 0 Å². The van der Waals surface area contributed by atoms with Gasteiger partial charge in [0.05, 0.1) is 5.69 Å². The van der Waals surface area contributed by atoms with E-state index in [1.165, 1.54) is 0 Å². The van der Waals surface area contributed by atoms with Crippen molar-refractivity contribution in [3.63, 3.8) is 0 Å². The lowest BCUT2D eigenvalue weighted by molar-refractivity contribution is 0.102. The highest BCUT2D eigenvalue weighted by Crippen LogP contribution is 2.33. The maximum atomic E-state index is 12.3. The third kappa shape index (κ3) is 3.42. The molecule has 2 aromatic carbocycles. The van der Waals surface area contributed by atoms with Gasteiger partial charge in [0.15, 0.2) is 0 Å².